The molecule has 0 atom stereocenters. The summed E-state index contributed by atoms with van der Waals surface area (Å²) in [4.78, 5) is 13.8. The van der Waals surface area contributed by atoms with Gasteiger partial charge in [0.25, 0.3) is 0 Å². The van der Waals surface area contributed by atoms with Gasteiger partial charge in [0.05, 0.1) is 24.3 Å². The zero-order valence-corrected chi connectivity index (χ0v) is 12.1. The number of amides is 1. The molecule has 4 heteroatoms. The Balaban J connectivity index is 2.74. The quantitative estimate of drug-likeness (QED) is 0.656. The van der Waals surface area contributed by atoms with Gasteiger partial charge in [-0.3, -0.25) is 0 Å². The Morgan fingerprint density at radius 2 is 1.53 bits per heavy atom. The molecule has 0 saturated carbocycles. The molecule has 0 N–H and O–H groups in total. The van der Waals surface area contributed by atoms with E-state index >= 15 is 0 Å². The van der Waals surface area contributed by atoms with Crippen molar-refractivity contribution in [2.45, 2.75) is 65.3 Å². The van der Waals surface area contributed by atoms with E-state index in [0.717, 1.165) is 0 Å². The Hall–Kier alpha value is -0.770. The lowest BCUT2D eigenvalue weighted by atomic mass is 9.99. The van der Waals surface area contributed by atoms with Crippen molar-refractivity contribution in [3.05, 3.63) is 0 Å². The number of hydrogen-bond acceptors (Lipinski definition) is 3. The highest BCUT2D eigenvalue weighted by atomic mass is 16.6. The molecule has 1 aliphatic rings. The summed E-state index contributed by atoms with van der Waals surface area (Å²) in [6.45, 7) is 14.7. The van der Waals surface area contributed by atoms with Crippen LogP contribution >= 0.6 is 0 Å². The van der Waals surface area contributed by atoms with Gasteiger partial charge in [-0.05, 0) is 48.5 Å². The van der Waals surface area contributed by atoms with Gasteiger partial charge in [-0.1, -0.05) is 0 Å². The van der Waals surface area contributed by atoms with Crippen LogP contribution in [0.2, 0.25) is 0 Å². The molecule has 1 heterocycles. The molecule has 0 aliphatic carbocycles. The molecule has 1 rings (SSSR count). The van der Waals surface area contributed by atoms with Gasteiger partial charge in [0.1, 0.15) is 5.60 Å². The van der Waals surface area contributed by atoms with Crippen LogP contribution in [0.25, 0.3) is 0 Å². The maximum absolute atomic E-state index is 12.0. The number of hydrogen-bond donors (Lipinski definition) is 0. The SMILES string of the molecule is CC(C)(C)OC(=O)N1CC(C)(C)OC(C)(C)C1. The summed E-state index contributed by atoms with van der Waals surface area (Å²) in [7, 11) is 0. The van der Waals surface area contributed by atoms with E-state index in [2.05, 4.69) is 0 Å². The summed E-state index contributed by atoms with van der Waals surface area (Å²) in [5.74, 6) is 0. The molecule has 0 spiro atoms. The number of morpholine rings is 1. The molecule has 1 aliphatic heterocycles. The minimum atomic E-state index is -0.455. The molecular weight excluding hydrogens is 218 g/mol. The Kier molecular flexibility index (Phi) is 3.50. The van der Waals surface area contributed by atoms with E-state index in [0.29, 0.717) is 13.1 Å². The largest absolute Gasteiger partial charge is 0.444 e. The zero-order valence-electron chi connectivity index (χ0n) is 12.1. The average Bonchev–Trinajstić information content (AvgIpc) is 1.93. The predicted octanol–water partition coefficient (Wildman–Crippen LogP) is 2.81. The predicted molar refractivity (Wildman–Crippen MR) is 67.1 cm³/mol. The number of carbonyl (C=O) groups is 1. The molecule has 4 nitrogen and oxygen atoms in total. The van der Waals surface area contributed by atoms with Gasteiger partial charge in [0.2, 0.25) is 0 Å². The summed E-state index contributed by atoms with van der Waals surface area (Å²) in [5, 5.41) is 0. The molecule has 0 unspecified atom stereocenters. The van der Waals surface area contributed by atoms with Crippen LogP contribution in [0.5, 0.6) is 0 Å². The Bertz CT molecular complexity index is 286. The van der Waals surface area contributed by atoms with Crippen LogP contribution in [0.15, 0.2) is 0 Å². The van der Waals surface area contributed by atoms with Crippen molar-refractivity contribution in [3.63, 3.8) is 0 Å². The Morgan fingerprint density at radius 3 is 1.88 bits per heavy atom. The van der Waals surface area contributed by atoms with Crippen LogP contribution in [0.3, 0.4) is 0 Å². The van der Waals surface area contributed by atoms with Crippen molar-refractivity contribution in [1.29, 1.82) is 0 Å². The summed E-state index contributed by atoms with van der Waals surface area (Å²) in [5.41, 5.74) is -1.12. The van der Waals surface area contributed by atoms with Gasteiger partial charge < -0.3 is 14.4 Å². The van der Waals surface area contributed by atoms with Gasteiger partial charge in [0, 0.05) is 0 Å². The van der Waals surface area contributed by atoms with Crippen LogP contribution in [0.4, 0.5) is 4.79 Å². The first-order chi connectivity index (χ1) is 7.40. The molecule has 100 valence electrons. The molecule has 1 fully saturated rings. The van der Waals surface area contributed by atoms with Crippen molar-refractivity contribution >= 4 is 6.09 Å². The van der Waals surface area contributed by atoms with Crippen LogP contribution in [-0.4, -0.2) is 40.9 Å². The second kappa shape index (κ2) is 4.16. The van der Waals surface area contributed by atoms with E-state index in [1.165, 1.54) is 0 Å². The van der Waals surface area contributed by atoms with Gasteiger partial charge in [-0.25, -0.2) is 4.79 Å². The Labute approximate surface area is 104 Å². The van der Waals surface area contributed by atoms with Crippen molar-refractivity contribution in [2.24, 2.45) is 0 Å². The summed E-state index contributed by atoms with van der Waals surface area (Å²) in [6, 6.07) is 0. The monoisotopic (exact) mass is 243 g/mol. The molecule has 1 amide bonds. The van der Waals surface area contributed by atoms with Gasteiger partial charge in [-0.2, -0.15) is 0 Å². The number of carbonyl (C=O) groups excluding carboxylic acids is 1. The molecule has 17 heavy (non-hydrogen) atoms. The number of ether oxygens (including phenoxy) is 2. The van der Waals surface area contributed by atoms with E-state index in [9.17, 15) is 4.79 Å². The highest BCUT2D eigenvalue weighted by molar-refractivity contribution is 5.68. The average molecular weight is 243 g/mol. The zero-order chi connectivity index (χ0) is 13.5. The Morgan fingerprint density at radius 1 is 1.12 bits per heavy atom. The van der Waals surface area contributed by atoms with E-state index < -0.39 is 5.60 Å². The van der Waals surface area contributed by atoms with Crippen molar-refractivity contribution in [1.82, 2.24) is 4.90 Å². The highest BCUT2D eigenvalue weighted by Crippen LogP contribution is 2.28. The first kappa shape index (κ1) is 14.3. The third-order valence-electron chi connectivity index (χ3n) is 2.35. The maximum Gasteiger partial charge on any atom is 0.410 e. The summed E-state index contributed by atoms with van der Waals surface area (Å²) >= 11 is 0. The first-order valence-corrected chi connectivity index (χ1v) is 6.08. The van der Waals surface area contributed by atoms with Gasteiger partial charge in [-0.15, -0.1) is 0 Å². The molecular formula is C13H25NO3. The lowest BCUT2D eigenvalue weighted by Gasteiger charge is -2.47. The number of rotatable bonds is 0. The lowest BCUT2D eigenvalue weighted by Crippen LogP contribution is -2.59. The van der Waals surface area contributed by atoms with E-state index in [1.807, 2.05) is 48.5 Å². The van der Waals surface area contributed by atoms with Crippen LogP contribution in [-0.2, 0) is 9.47 Å². The third kappa shape index (κ3) is 4.54. The lowest BCUT2D eigenvalue weighted by molar-refractivity contribution is -0.176. The molecule has 0 bridgehead atoms. The van der Waals surface area contributed by atoms with Crippen LogP contribution < -0.4 is 0 Å². The van der Waals surface area contributed by atoms with E-state index in [1.54, 1.807) is 4.90 Å². The molecule has 0 radical (unpaired) electrons. The van der Waals surface area contributed by atoms with Crippen molar-refractivity contribution < 1.29 is 14.3 Å². The second-order valence-corrected chi connectivity index (χ2v) is 6.96. The molecule has 0 aromatic rings. The fraction of sp³-hybridized carbons (Fsp3) is 0.923. The topological polar surface area (TPSA) is 38.8 Å². The highest BCUT2D eigenvalue weighted by Gasteiger charge is 2.41. The second-order valence-electron chi connectivity index (χ2n) is 6.96. The third-order valence-corrected chi connectivity index (χ3v) is 2.35. The summed E-state index contributed by atoms with van der Waals surface area (Å²) < 4.78 is 11.3. The van der Waals surface area contributed by atoms with Crippen LogP contribution in [0, 0.1) is 0 Å². The smallest absolute Gasteiger partial charge is 0.410 e. The minimum Gasteiger partial charge on any atom is -0.444 e. The molecule has 0 aromatic carbocycles. The standard InChI is InChI=1S/C13H25NO3/c1-11(2,3)16-10(15)14-8-12(4,5)17-13(6,7)9-14/h8-9H2,1-7H3. The first-order valence-electron chi connectivity index (χ1n) is 6.08. The van der Waals surface area contributed by atoms with Crippen LogP contribution in [0.1, 0.15) is 48.5 Å². The van der Waals surface area contributed by atoms with Crippen molar-refractivity contribution in [2.75, 3.05) is 13.1 Å². The maximum atomic E-state index is 12.0. The molecule has 0 aromatic heterocycles. The van der Waals surface area contributed by atoms with Gasteiger partial charge in [0.15, 0.2) is 0 Å². The number of nitrogens with zero attached hydrogens (tertiary/aromatic N) is 1. The normalized spacial score (nSPS) is 23.4. The fourth-order valence-electron chi connectivity index (χ4n) is 2.24. The summed E-state index contributed by atoms with van der Waals surface area (Å²) in [6.07, 6.45) is -0.262. The fourth-order valence-corrected chi connectivity index (χ4v) is 2.24. The van der Waals surface area contributed by atoms with E-state index in [-0.39, 0.29) is 17.3 Å². The van der Waals surface area contributed by atoms with Crippen molar-refractivity contribution in [3.8, 4) is 0 Å². The van der Waals surface area contributed by atoms with E-state index in [4.69, 9.17) is 9.47 Å². The molecule has 1 saturated heterocycles. The minimum absolute atomic E-state index is 0.262. The van der Waals surface area contributed by atoms with Gasteiger partial charge >= 0.3 is 6.09 Å².